The molecule has 2 heterocycles. The lowest BCUT2D eigenvalue weighted by atomic mass is 9.93. The van der Waals surface area contributed by atoms with Crippen molar-refractivity contribution >= 4 is 28.4 Å². The SMILES string of the molecule is CCCCN1C(=O)C(=O)/C(=C(/O)c2ccc(OC)c(C(C)C)c2)C1c1c[nH]c2ccccc12. The predicted molar refractivity (Wildman–Crippen MR) is 129 cm³/mol. The van der Waals surface area contributed by atoms with Crippen LogP contribution in [0.2, 0.25) is 0 Å². The van der Waals surface area contributed by atoms with Crippen molar-refractivity contribution in [2.24, 2.45) is 0 Å². The number of carbonyl (C=O) groups is 2. The van der Waals surface area contributed by atoms with Crippen molar-refractivity contribution < 1.29 is 19.4 Å². The standard InChI is InChI=1S/C27H30N2O4/c1-5-6-13-29-24(20-15-28-21-10-8-7-9-18(20)21)23(26(31)27(29)32)25(30)17-11-12-22(33-4)19(14-17)16(2)3/h7-12,14-16,24,28,30H,5-6,13H2,1-4H3/b25-23+. The van der Waals surface area contributed by atoms with Crippen LogP contribution in [0.25, 0.3) is 16.7 Å². The minimum Gasteiger partial charge on any atom is -0.507 e. The largest absolute Gasteiger partial charge is 0.507 e. The maximum Gasteiger partial charge on any atom is 0.295 e. The molecule has 0 bridgehead atoms. The Hall–Kier alpha value is -3.54. The number of hydrogen-bond donors (Lipinski definition) is 2. The number of amides is 1. The molecule has 1 aliphatic heterocycles. The first-order chi connectivity index (χ1) is 15.9. The molecular weight excluding hydrogens is 416 g/mol. The lowest BCUT2D eigenvalue weighted by Crippen LogP contribution is -2.30. The van der Waals surface area contributed by atoms with E-state index in [2.05, 4.69) is 4.98 Å². The minimum atomic E-state index is -0.655. The number of ketones is 1. The normalized spacial score (nSPS) is 18.0. The Balaban J connectivity index is 1.92. The van der Waals surface area contributed by atoms with Crippen LogP contribution in [0.4, 0.5) is 0 Å². The summed E-state index contributed by atoms with van der Waals surface area (Å²) in [5.74, 6) is -0.506. The van der Waals surface area contributed by atoms with E-state index in [1.165, 1.54) is 0 Å². The summed E-state index contributed by atoms with van der Waals surface area (Å²) in [5.41, 5.74) is 3.27. The number of Topliss-reactive ketones (excluding diaryl/α,β-unsaturated/α-hetero) is 1. The van der Waals surface area contributed by atoms with Gasteiger partial charge in [-0.05, 0) is 42.2 Å². The molecule has 1 aliphatic rings. The third kappa shape index (κ3) is 3.90. The molecule has 0 radical (unpaired) electrons. The Bertz CT molecular complexity index is 1240. The topological polar surface area (TPSA) is 82.6 Å². The van der Waals surface area contributed by atoms with E-state index in [-0.39, 0.29) is 17.3 Å². The number of aliphatic hydroxyl groups is 1. The van der Waals surface area contributed by atoms with Crippen molar-refractivity contribution in [3.05, 3.63) is 70.9 Å². The van der Waals surface area contributed by atoms with Crippen LogP contribution in [-0.2, 0) is 9.59 Å². The Morgan fingerprint density at radius 1 is 1.18 bits per heavy atom. The van der Waals surface area contributed by atoms with Gasteiger partial charge in [0.2, 0.25) is 0 Å². The molecule has 3 aromatic rings. The molecule has 0 aliphatic carbocycles. The van der Waals surface area contributed by atoms with Crippen LogP contribution < -0.4 is 4.74 Å². The van der Waals surface area contributed by atoms with Gasteiger partial charge in [-0.3, -0.25) is 9.59 Å². The van der Waals surface area contributed by atoms with Crippen LogP contribution in [-0.4, -0.2) is 40.3 Å². The monoisotopic (exact) mass is 446 g/mol. The number of aliphatic hydroxyl groups excluding tert-OH is 1. The number of hydrogen-bond acceptors (Lipinski definition) is 4. The number of fused-ring (bicyclic) bond motifs is 1. The molecule has 4 rings (SSSR count). The van der Waals surface area contributed by atoms with Crippen molar-refractivity contribution in [2.75, 3.05) is 13.7 Å². The molecule has 0 saturated carbocycles. The molecule has 33 heavy (non-hydrogen) atoms. The van der Waals surface area contributed by atoms with Gasteiger partial charge in [0.05, 0.1) is 18.7 Å². The number of methoxy groups -OCH3 is 1. The van der Waals surface area contributed by atoms with Gasteiger partial charge in [-0.2, -0.15) is 0 Å². The Morgan fingerprint density at radius 3 is 2.64 bits per heavy atom. The third-order valence-corrected chi connectivity index (χ3v) is 6.33. The molecule has 2 N–H and O–H groups in total. The van der Waals surface area contributed by atoms with Crippen molar-refractivity contribution in [1.82, 2.24) is 9.88 Å². The zero-order valence-electron chi connectivity index (χ0n) is 19.5. The molecule has 0 spiro atoms. The highest BCUT2D eigenvalue weighted by molar-refractivity contribution is 6.46. The quantitative estimate of drug-likeness (QED) is 0.284. The van der Waals surface area contributed by atoms with E-state index in [9.17, 15) is 14.7 Å². The molecule has 6 nitrogen and oxygen atoms in total. The van der Waals surface area contributed by atoms with E-state index in [4.69, 9.17) is 4.74 Å². The Kier molecular flexibility index (Phi) is 6.27. The van der Waals surface area contributed by atoms with Gasteiger partial charge in [0, 0.05) is 34.8 Å². The van der Waals surface area contributed by atoms with Gasteiger partial charge >= 0.3 is 0 Å². The summed E-state index contributed by atoms with van der Waals surface area (Å²) in [5, 5.41) is 12.3. The molecule has 1 fully saturated rings. The minimum absolute atomic E-state index is 0.126. The number of nitrogens with one attached hydrogen (secondary N) is 1. The summed E-state index contributed by atoms with van der Waals surface area (Å²) in [6, 6.07) is 12.5. The first kappa shape index (κ1) is 22.6. The highest BCUT2D eigenvalue weighted by Gasteiger charge is 2.46. The second-order valence-corrected chi connectivity index (χ2v) is 8.75. The summed E-state index contributed by atoms with van der Waals surface area (Å²) in [7, 11) is 1.61. The van der Waals surface area contributed by atoms with Crippen LogP contribution in [0.3, 0.4) is 0 Å². The van der Waals surface area contributed by atoms with E-state index < -0.39 is 17.7 Å². The average Bonchev–Trinajstić information content (AvgIpc) is 3.35. The summed E-state index contributed by atoms with van der Waals surface area (Å²) in [4.78, 5) is 31.1. The maximum absolute atomic E-state index is 13.2. The van der Waals surface area contributed by atoms with Crippen LogP contribution in [0.15, 0.2) is 54.2 Å². The lowest BCUT2D eigenvalue weighted by Gasteiger charge is -2.25. The fourth-order valence-electron chi connectivity index (χ4n) is 4.57. The maximum atomic E-state index is 13.2. The van der Waals surface area contributed by atoms with Gasteiger partial charge in [0.1, 0.15) is 11.5 Å². The number of unbranched alkanes of at least 4 members (excludes halogenated alkanes) is 1. The number of aromatic nitrogens is 1. The van der Waals surface area contributed by atoms with Gasteiger partial charge in [0.15, 0.2) is 0 Å². The predicted octanol–water partition coefficient (Wildman–Crippen LogP) is 5.52. The molecule has 1 unspecified atom stereocenters. The van der Waals surface area contributed by atoms with E-state index in [1.807, 2.05) is 57.3 Å². The van der Waals surface area contributed by atoms with Crippen molar-refractivity contribution in [2.45, 2.75) is 45.6 Å². The van der Waals surface area contributed by atoms with Gasteiger partial charge in [-0.15, -0.1) is 0 Å². The molecule has 2 aromatic carbocycles. The van der Waals surface area contributed by atoms with Crippen molar-refractivity contribution in [3.8, 4) is 5.75 Å². The highest BCUT2D eigenvalue weighted by atomic mass is 16.5. The Morgan fingerprint density at radius 2 is 1.94 bits per heavy atom. The second kappa shape index (κ2) is 9.14. The molecule has 1 amide bonds. The van der Waals surface area contributed by atoms with Crippen molar-refractivity contribution in [1.29, 1.82) is 0 Å². The number of carbonyl (C=O) groups excluding carboxylic acids is 2. The molecule has 1 saturated heterocycles. The van der Waals surface area contributed by atoms with E-state index in [1.54, 1.807) is 24.1 Å². The number of rotatable bonds is 7. The summed E-state index contributed by atoms with van der Waals surface area (Å²) in [6.45, 7) is 6.57. The average molecular weight is 447 g/mol. The zero-order valence-corrected chi connectivity index (χ0v) is 19.5. The van der Waals surface area contributed by atoms with Gasteiger partial charge in [-0.25, -0.2) is 0 Å². The van der Waals surface area contributed by atoms with Crippen LogP contribution >= 0.6 is 0 Å². The molecular formula is C27H30N2O4. The first-order valence-corrected chi connectivity index (χ1v) is 11.4. The number of para-hydroxylation sites is 1. The van der Waals surface area contributed by atoms with Crippen LogP contribution in [0, 0.1) is 0 Å². The summed E-state index contributed by atoms with van der Waals surface area (Å²) in [6.07, 6.45) is 3.49. The van der Waals surface area contributed by atoms with E-state index >= 15 is 0 Å². The number of ether oxygens (including phenoxy) is 1. The van der Waals surface area contributed by atoms with Crippen LogP contribution in [0.1, 0.15) is 62.3 Å². The van der Waals surface area contributed by atoms with Crippen LogP contribution in [0.5, 0.6) is 5.75 Å². The first-order valence-electron chi connectivity index (χ1n) is 11.4. The number of H-pyrrole nitrogens is 1. The van der Waals surface area contributed by atoms with Gasteiger partial charge in [0.25, 0.3) is 11.7 Å². The summed E-state index contributed by atoms with van der Waals surface area (Å²) >= 11 is 0. The molecule has 1 aromatic heterocycles. The third-order valence-electron chi connectivity index (χ3n) is 6.33. The van der Waals surface area contributed by atoms with Gasteiger partial charge in [-0.1, -0.05) is 45.4 Å². The van der Waals surface area contributed by atoms with E-state index in [0.29, 0.717) is 12.1 Å². The number of aromatic amines is 1. The smallest absolute Gasteiger partial charge is 0.295 e. The lowest BCUT2D eigenvalue weighted by molar-refractivity contribution is -0.139. The number of nitrogens with zero attached hydrogens (tertiary/aromatic N) is 1. The second-order valence-electron chi connectivity index (χ2n) is 8.75. The van der Waals surface area contributed by atoms with E-state index in [0.717, 1.165) is 40.6 Å². The fraction of sp³-hybridized carbons (Fsp3) is 0.333. The van der Waals surface area contributed by atoms with Gasteiger partial charge < -0.3 is 19.7 Å². The Labute approximate surface area is 193 Å². The highest BCUT2D eigenvalue weighted by Crippen LogP contribution is 2.42. The number of likely N-dealkylation sites (tertiary alicyclic amines) is 1. The number of benzene rings is 2. The van der Waals surface area contributed by atoms with Crippen molar-refractivity contribution in [3.63, 3.8) is 0 Å². The molecule has 1 atom stereocenters. The molecule has 172 valence electrons. The molecule has 6 heteroatoms. The fourth-order valence-corrected chi connectivity index (χ4v) is 4.57. The summed E-state index contributed by atoms with van der Waals surface area (Å²) < 4.78 is 5.46. The zero-order chi connectivity index (χ0) is 23.7.